The van der Waals surface area contributed by atoms with Gasteiger partial charge in [-0.1, -0.05) is 0 Å². The van der Waals surface area contributed by atoms with E-state index in [1.807, 2.05) is 6.92 Å². The van der Waals surface area contributed by atoms with Gasteiger partial charge in [0.2, 0.25) is 5.91 Å². The minimum Gasteiger partial charge on any atom is -0.383 e. The molecule has 1 aliphatic rings. The molecule has 7 heteroatoms. The van der Waals surface area contributed by atoms with Crippen molar-refractivity contribution >= 4 is 11.6 Å². The van der Waals surface area contributed by atoms with Crippen molar-refractivity contribution in [2.45, 2.75) is 44.8 Å². The summed E-state index contributed by atoms with van der Waals surface area (Å²) >= 11 is 0. The maximum Gasteiger partial charge on any atom is 0.269 e. The molecule has 1 atom stereocenters. The molecule has 1 aliphatic carbocycles. The monoisotopic (exact) mass is 294 g/mol. The zero-order valence-electron chi connectivity index (χ0n) is 12.5. The highest BCUT2D eigenvalue weighted by Crippen LogP contribution is 2.21. The first kappa shape index (κ1) is 15.5. The lowest BCUT2D eigenvalue weighted by Crippen LogP contribution is -2.40. The number of amides is 1. The van der Waals surface area contributed by atoms with Gasteiger partial charge in [-0.3, -0.25) is 9.59 Å². The standard InChI is InChI=1S/C14H22N4O3/c1-10(9-21-2)16-13(19)8-18-14(20)6-12(7-15-18)17-11-4-3-5-11/h6-7,10-11,17H,3-5,8-9H2,1-2H3,(H,16,19). The quantitative estimate of drug-likeness (QED) is 0.758. The number of methoxy groups -OCH3 is 1. The van der Waals surface area contributed by atoms with Gasteiger partial charge in [-0.2, -0.15) is 5.10 Å². The van der Waals surface area contributed by atoms with Crippen LogP contribution in [0.1, 0.15) is 26.2 Å². The molecule has 1 heterocycles. The molecule has 0 bridgehead atoms. The van der Waals surface area contributed by atoms with Crippen LogP contribution in [0.2, 0.25) is 0 Å². The number of nitrogens with one attached hydrogen (secondary N) is 2. The number of hydrogen-bond donors (Lipinski definition) is 2. The molecule has 1 unspecified atom stereocenters. The van der Waals surface area contributed by atoms with Gasteiger partial charge in [0, 0.05) is 25.3 Å². The molecule has 2 N–H and O–H groups in total. The zero-order chi connectivity index (χ0) is 15.2. The molecule has 0 spiro atoms. The van der Waals surface area contributed by atoms with Crippen LogP contribution in [0.25, 0.3) is 0 Å². The summed E-state index contributed by atoms with van der Waals surface area (Å²) in [5, 5.41) is 10.0. The SMILES string of the molecule is COCC(C)NC(=O)Cn1ncc(NC2CCC2)cc1=O. The second kappa shape index (κ2) is 7.21. The molecule has 116 valence electrons. The van der Waals surface area contributed by atoms with Crippen LogP contribution in [0.5, 0.6) is 0 Å². The molecule has 7 nitrogen and oxygen atoms in total. The maximum atomic E-state index is 11.9. The van der Waals surface area contributed by atoms with E-state index in [-0.39, 0.29) is 24.1 Å². The summed E-state index contributed by atoms with van der Waals surface area (Å²) in [5.41, 5.74) is 0.433. The predicted octanol–water partition coefficient (Wildman–Crippen LogP) is 0.359. The highest BCUT2D eigenvalue weighted by atomic mass is 16.5. The third kappa shape index (κ3) is 4.56. The zero-order valence-corrected chi connectivity index (χ0v) is 12.5. The van der Waals surface area contributed by atoms with E-state index in [9.17, 15) is 9.59 Å². The van der Waals surface area contributed by atoms with Crippen molar-refractivity contribution in [3.8, 4) is 0 Å². The highest BCUT2D eigenvalue weighted by Gasteiger charge is 2.17. The molecular formula is C14H22N4O3. The molecule has 0 aliphatic heterocycles. The van der Waals surface area contributed by atoms with E-state index < -0.39 is 0 Å². The Hall–Kier alpha value is -1.89. The largest absolute Gasteiger partial charge is 0.383 e. The third-order valence-electron chi connectivity index (χ3n) is 3.46. The van der Waals surface area contributed by atoms with E-state index >= 15 is 0 Å². The lowest BCUT2D eigenvalue weighted by atomic mass is 9.93. The number of rotatable bonds is 7. The average Bonchev–Trinajstić information content (AvgIpc) is 2.37. The van der Waals surface area contributed by atoms with Crippen LogP contribution in [0.15, 0.2) is 17.1 Å². The molecule has 21 heavy (non-hydrogen) atoms. The molecule has 0 aromatic carbocycles. The van der Waals surface area contributed by atoms with Crippen molar-refractivity contribution in [1.82, 2.24) is 15.1 Å². The number of hydrogen-bond acceptors (Lipinski definition) is 5. The number of carbonyl (C=O) groups is 1. The lowest BCUT2D eigenvalue weighted by Gasteiger charge is -2.27. The Labute approximate surface area is 123 Å². The maximum absolute atomic E-state index is 11.9. The van der Waals surface area contributed by atoms with E-state index in [0.29, 0.717) is 18.3 Å². The lowest BCUT2D eigenvalue weighted by molar-refractivity contribution is -0.122. The fourth-order valence-corrected chi connectivity index (χ4v) is 2.17. The molecule has 1 saturated carbocycles. The minimum absolute atomic E-state index is 0.0867. The van der Waals surface area contributed by atoms with Crippen molar-refractivity contribution in [2.24, 2.45) is 0 Å². The second-order valence-corrected chi connectivity index (χ2v) is 5.44. The topological polar surface area (TPSA) is 85.2 Å². The molecule has 1 aromatic rings. The van der Waals surface area contributed by atoms with Gasteiger partial charge >= 0.3 is 0 Å². The van der Waals surface area contributed by atoms with Crippen LogP contribution < -0.4 is 16.2 Å². The van der Waals surface area contributed by atoms with Crippen molar-refractivity contribution in [3.05, 3.63) is 22.6 Å². The molecule has 1 fully saturated rings. The molecule has 0 radical (unpaired) electrons. The first-order valence-electron chi connectivity index (χ1n) is 7.20. The first-order chi connectivity index (χ1) is 10.1. The summed E-state index contributed by atoms with van der Waals surface area (Å²) in [5.74, 6) is -0.256. The summed E-state index contributed by atoms with van der Waals surface area (Å²) in [6.07, 6.45) is 5.07. The van der Waals surface area contributed by atoms with Gasteiger partial charge < -0.3 is 15.4 Å². The Morgan fingerprint density at radius 3 is 2.90 bits per heavy atom. The van der Waals surface area contributed by atoms with E-state index in [2.05, 4.69) is 15.7 Å². The smallest absolute Gasteiger partial charge is 0.269 e. The van der Waals surface area contributed by atoms with E-state index in [4.69, 9.17) is 4.74 Å². The van der Waals surface area contributed by atoms with Crippen LogP contribution in [-0.4, -0.2) is 41.5 Å². The van der Waals surface area contributed by atoms with Crippen LogP contribution in [0, 0.1) is 0 Å². The number of ether oxygens (including phenoxy) is 1. The molecule has 2 rings (SSSR count). The number of carbonyl (C=O) groups excluding carboxylic acids is 1. The Bertz CT molecular complexity index is 539. The van der Waals surface area contributed by atoms with Gasteiger partial charge in [0.05, 0.1) is 18.5 Å². The molecule has 1 aromatic heterocycles. The minimum atomic E-state index is -0.283. The van der Waals surface area contributed by atoms with Gasteiger partial charge in [0.25, 0.3) is 5.56 Å². The van der Waals surface area contributed by atoms with Gasteiger partial charge in [0.15, 0.2) is 0 Å². The average molecular weight is 294 g/mol. The van der Waals surface area contributed by atoms with Gasteiger partial charge in [0.1, 0.15) is 6.54 Å². The van der Waals surface area contributed by atoms with E-state index in [1.54, 1.807) is 13.3 Å². The Balaban J connectivity index is 1.90. The normalized spacial score (nSPS) is 16.1. The summed E-state index contributed by atoms with van der Waals surface area (Å²) in [7, 11) is 1.57. The predicted molar refractivity (Wildman–Crippen MR) is 79.2 cm³/mol. The van der Waals surface area contributed by atoms with Crippen molar-refractivity contribution < 1.29 is 9.53 Å². The van der Waals surface area contributed by atoms with E-state index in [1.165, 1.54) is 12.5 Å². The van der Waals surface area contributed by atoms with Crippen molar-refractivity contribution in [2.75, 3.05) is 19.0 Å². The van der Waals surface area contributed by atoms with Crippen LogP contribution in [0.3, 0.4) is 0 Å². The Morgan fingerprint density at radius 2 is 2.33 bits per heavy atom. The van der Waals surface area contributed by atoms with Gasteiger partial charge in [-0.25, -0.2) is 4.68 Å². The molecule has 0 saturated heterocycles. The molecule has 1 amide bonds. The number of nitrogens with zero attached hydrogens (tertiary/aromatic N) is 2. The highest BCUT2D eigenvalue weighted by molar-refractivity contribution is 5.75. The summed E-state index contributed by atoms with van der Waals surface area (Å²) in [6.45, 7) is 2.18. The van der Waals surface area contributed by atoms with Crippen molar-refractivity contribution in [1.29, 1.82) is 0 Å². The number of aromatic nitrogens is 2. The van der Waals surface area contributed by atoms with Crippen LogP contribution in [-0.2, 0) is 16.1 Å². The second-order valence-electron chi connectivity index (χ2n) is 5.44. The molecular weight excluding hydrogens is 272 g/mol. The van der Waals surface area contributed by atoms with Gasteiger partial charge in [-0.05, 0) is 26.2 Å². The van der Waals surface area contributed by atoms with Crippen LogP contribution in [0.4, 0.5) is 5.69 Å². The first-order valence-corrected chi connectivity index (χ1v) is 7.20. The van der Waals surface area contributed by atoms with E-state index in [0.717, 1.165) is 17.5 Å². The number of anilines is 1. The summed E-state index contributed by atoms with van der Waals surface area (Å²) in [6, 6.07) is 1.83. The Morgan fingerprint density at radius 1 is 1.57 bits per heavy atom. The van der Waals surface area contributed by atoms with Crippen molar-refractivity contribution in [3.63, 3.8) is 0 Å². The third-order valence-corrected chi connectivity index (χ3v) is 3.46. The summed E-state index contributed by atoms with van der Waals surface area (Å²) < 4.78 is 6.09. The van der Waals surface area contributed by atoms with Crippen LogP contribution >= 0.6 is 0 Å². The fourth-order valence-electron chi connectivity index (χ4n) is 2.17. The Kier molecular flexibility index (Phi) is 5.32. The van der Waals surface area contributed by atoms with Gasteiger partial charge in [-0.15, -0.1) is 0 Å². The summed E-state index contributed by atoms with van der Waals surface area (Å²) in [4.78, 5) is 23.7. The fraction of sp³-hybridized carbons (Fsp3) is 0.643.